The van der Waals surface area contributed by atoms with E-state index in [4.69, 9.17) is 0 Å². The van der Waals surface area contributed by atoms with Crippen LogP contribution in [0, 0.1) is 5.82 Å². The van der Waals surface area contributed by atoms with Gasteiger partial charge in [0.05, 0.1) is 0 Å². The lowest BCUT2D eigenvalue weighted by molar-refractivity contribution is 0.628. The SMILES string of the molecule is Fc1ccc(-c2ccc3c(ccc4cc(-c5ccc6c7c(cccc57)-c5c-6c(-c6ccccc6)c6ccccc6c5-c5ccccc5)ccc43)c2)cc1. The zero-order chi connectivity index (χ0) is 35.0. The van der Waals surface area contributed by atoms with Crippen LogP contribution in [0.15, 0.2) is 188 Å². The van der Waals surface area contributed by atoms with Crippen LogP contribution >= 0.6 is 0 Å². The smallest absolute Gasteiger partial charge is 0.123 e. The summed E-state index contributed by atoms with van der Waals surface area (Å²) in [6.07, 6.45) is 0. The van der Waals surface area contributed by atoms with Gasteiger partial charge in [0.2, 0.25) is 0 Å². The molecule has 0 radical (unpaired) electrons. The van der Waals surface area contributed by atoms with Crippen molar-refractivity contribution in [1.82, 2.24) is 0 Å². The molecule has 10 aromatic carbocycles. The maximum Gasteiger partial charge on any atom is 0.123 e. The van der Waals surface area contributed by atoms with Crippen molar-refractivity contribution in [2.24, 2.45) is 0 Å². The second-order valence-electron chi connectivity index (χ2n) is 14.1. The summed E-state index contributed by atoms with van der Waals surface area (Å²) in [6.45, 7) is 0. The van der Waals surface area contributed by atoms with Crippen LogP contribution in [0.1, 0.15) is 0 Å². The highest BCUT2D eigenvalue weighted by molar-refractivity contribution is 6.29. The number of fused-ring (bicyclic) bond motifs is 7. The fraction of sp³-hybridized carbons (Fsp3) is 0. The van der Waals surface area contributed by atoms with Crippen molar-refractivity contribution in [3.8, 4) is 66.8 Å². The third-order valence-electron chi connectivity index (χ3n) is 11.2. The van der Waals surface area contributed by atoms with Gasteiger partial charge >= 0.3 is 0 Å². The number of hydrogen-bond donors (Lipinski definition) is 0. The molecule has 0 spiro atoms. The average molecular weight is 675 g/mol. The molecule has 0 saturated heterocycles. The molecule has 11 rings (SSSR count). The Hall–Kier alpha value is -6.83. The lowest BCUT2D eigenvalue weighted by Gasteiger charge is -2.20. The van der Waals surface area contributed by atoms with Gasteiger partial charge in [0.1, 0.15) is 5.82 Å². The third-order valence-corrected chi connectivity index (χ3v) is 11.2. The summed E-state index contributed by atoms with van der Waals surface area (Å²) in [4.78, 5) is 0. The standard InChI is InChI=1S/C52H31F/c53-39-24-20-32(21-25-39)35-22-26-40-36(30-35)18-19-37-31-38(23-27-41(37)40)42-28-29-47-50-43(42)16-9-17-46(50)51-48(33-10-3-1-4-11-33)44-14-7-8-15-45(44)49(52(47)51)34-12-5-2-6-13-34/h1-31H. The third kappa shape index (κ3) is 4.54. The summed E-state index contributed by atoms with van der Waals surface area (Å²) in [6, 6.07) is 66.9. The van der Waals surface area contributed by atoms with Crippen LogP contribution in [0.2, 0.25) is 0 Å². The van der Waals surface area contributed by atoms with Gasteiger partial charge < -0.3 is 0 Å². The van der Waals surface area contributed by atoms with E-state index in [1.54, 1.807) is 0 Å². The molecule has 0 heterocycles. The molecule has 246 valence electrons. The molecular weight excluding hydrogens is 644 g/mol. The van der Waals surface area contributed by atoms with Crippen LogP contribution < -0.4 is 0 Å². The highest BCUT2D eigenvalue weighted by Gasteiger charge is 2.31. The molecule has 0 amide bonds. The van der Waals surface area contributed by atoms with Gasteiger partial charge in [-0.15, -0.1) is 0 Å². The van der Waals surface area contributed by atoms with Crippen LogP contribution in [0.4, 0.5) is 4.39 Å². The van der Waals surface area contributed by atoms with Crippen molar-refractivity contribution in [3.05, 3.63) is 194 Å². The molecule has 0 nitrogen and oxygen atoms in total. The van der Waals surface area contributed by atoms with E-state index < -0.39 is 0 Å². The first-order valence-corrected chi connectivity index (χ1v) is 18.2. The monoisotopic (exact) mass is 674 g/mol. The fourth-order valence-corrected chi connectivity index (χ4v) is 8.92. The number of hydrogen-bond acceptors (Lipinski definition) is 0. The zero-order valence-electron chi connectivity index (χ0n) is 28.8. The lowest BCUT2D eigenvalue weighted by Crippen LogP contribution is -1.93. The molecule has 1 heteroatoms. The van der Waals surface area contributed by atoms with E-state index in [2.05, 4.69) is 164 Å². The van der Waals surface area contributed by atoms with Crippen molar-refractivity contribution >= 4 is 43.1 Å². The molecule has 1 aliphatic carbocycles. The second kappa shape index (κ2) is 11.6. The molecular formula is C52H31F. The molecule has 0 aliphatic heterocycles. The number of rotatable bonds is 4. The minimum Gasteiger partial charge on any atom is -0.207 e. The van der Waals surface area contributed by atoms with Crippen LogP contribution in [0.25, 0.3) is 110 Å². The number of halogens is 1. The maximum atomic E-state index is 13.6. The molecule has 0 atom stereocenters. The summed E-state index contributed by atoms with van der Waals surface area (Å²) in [7, 11) is 0. The first-order chi connectivity index (χ1) is 26.2. The topological polar surface area (TPSA) is 0 Å². The minimum absolute atomic E-state index is 0.219. The highest BCUT2D eigenvalue weighted by Crippen LogP contribution is 2.58. The van der Waals surface area contributed by atoms with Crippen molar-refractivity contribution in [3.63, 3.8) is 0 Å². The Labute approximate surface area is 307 Å². The summed E-state index contributed by atoms with van der Waals surface area (Å²) in [5.41, 5.74) is 14.8. The van der Waals surface area contributed by atoms with Crippen LogP contribution in [-0.2, 0) is 0 Å². The Morgan fingerprint density at radius 3 is 1.38 bits per heavy atom. The van der Waals surface area contributed by atoms with E-state index in [-0.39, 0.29) is 5.82 Å². The van der Waals surface area contributed by atoms with Crippen molar-refractivity contribution in [1.29, 1.82) is 0 Å². The molecule has 1 aliphatic rings. The summed E-state index contributed by atoms with van der Waals surface area (Å²) >= 11 is 0. The molecule has 0 unspecified atom stereocenters. The molecule has 0 aromatic heterocycles. The minimum atomic E-state index is -0.219. The van der Waals surface area contributed by atoms with Crippen molar-refractivity contribution in [2.45, 2.75) is 0 Å². The second-order valence-corrected chi connectivity index (χ2v) is 14.1. The predicted octanol–water partition coefficient (Wildman–Crippen LogP) is 14.8. The normalized spacial score (nSPS) is 11.9. The fourth-order valence-electron chi connectivity index (χ4n) is 8.92. The Bertz CT molecular complexity index is 2990. The van der Waals surface area contributed by atoms with Gasteiger partial charge in [-0.05, 0) is 134 Å². The van der Waals surface area contributed by atoms with Crippen LogP contribution in [0.5, 0.6) is 0 Å². The number of benzene rings is 10. The Morgan fingerprint density at radius 2 is 0.755 bits per heavy atom. The summed E-state index contributed by atoms with van der Waals surface area (Å²) < 4.78 is 13.6. The molecule has 53 heavy (non-hydrogen) atoms. The first-order valence-electron chi connectivity index (χ1n) is 18.2. The summed E-state index contributed by atoms with van der Waals surface area (Å²) in [5.74, 6) is -0.219. The molecule has 0 N–H and O–H groups in total. The largest absolute Gasteiger partial charge is 0.207 e. The van der Waals surface area contributed by atoms with E-state index in [1.165, 1.54) is 111 Å². The first kappa shape index (κ1) is 29.9. The average Bonchev–Trinajstić information content (AvgIpc) is 3.55. The van der Waals surface area contributed by atoms with E-state index in [9.17, 15) is 4.39 Å². The van der Waals surface area contributed by atoms with E-state index in [0.29, 0.717) is 0 Å². The Kier molecular flexibility index (Phi) is 6.53. The lowest BCUT2D eigenvalue weighted by atomic mass is 9.82. The van der Waals surface area contributed by atoms with E-state index in [1.807, 2.05) is 12.1 Å². The van der Waals surface area contributed by atoms with Gasteiger partial charge in [0, 0.05) is 0 Å². The van der Waals surface area contributed by atoms with Gasteiger partial charge in [-0.1, -0.05) is 164 Å². The molecule has 0 bridgehead atoms. The van der Waals surface area contributed by atoms with Crippen LogP contribution in [0.3, 0.4) is 0 Å². The van der Waals surface area contributed by atoms with E-state index >= 15 is 0 Å². The summed E-state index contributed by atoms with van der Waals surface area (Å²) in [5, 5.41) is 9.94. The van der Waals surface area contributed by atoms with Gasteiger partial charge in [-0.2, -0.15) is 0 Å². The zero-order valence-corrected chi connectivity index (χ0v) is 28.8. The Balaban J connectivity index is 1.13. The Morgan fingerprint density at radius 1 is 0.264 bits per heavy atom. The van der Waals surface area contributed by atoms with Crippen molar-refractivity contribution in [2.75, 3.05) is 0 Å². The quantitative estimate of drug-likeness (QED) is 0.163. The van der Waals surface area contributed by atoms with Gasteiger partial charge in [0.25, 0.3) is 0 Å². The molecule has 0 fully saturated rings. The van der Waals surface area contributed by atoms with Gasteiger partial charge in [-0.3, -0.25) is 0 Å². The van der Waals surface area contributed by atoms with Crippen LogP contribution in [-0.4, -0.2) is 0 Å². The predicted molar refractivity (Wildman–Crippen MR) is 223 cm³/mol. The maximum absolute atomic E-state index is 13.6. The highest BCUT2D eigenvalue weighted by atomic mass is 19.1. The van der Waals surface area contributed by atoms with Gasteiger partial charge in [-0.25, -0.2) is 4.39 Å². The molecule has 0 saturated carbocycles. The molecule has 10 aromatic rings. The van der Waals surface area contributed by atoms with Gasteiger partial charge in [0.15, 0.2) is 0 Å². The van der Waals surface area contributed by atoms with Crippen molar-refractivity contribution < 1.29 is 4.39 Å². The van der Waals surface area contributed by atoms with E-state index in [0.717, 1.165) is 11.1 Å².